The normalized spacial score (nSPS) is 12.0. The monoisotopic (exact) mass is 291 g/mol. The average Bonchev–Trinajstić information content (AvgIpc) is 2.45. The molecule has 1 rings (SSSR count). The quantitative estimate of drug-likeness (QED) is 0.719. The van der Waals surface area contributed by atoms with Crippen molar-refractivity contribution in [2.75, 3.05) is 11.9 Å². The van der Waals surface area contributed by atoms with Crippen molar-refractivity contribution in [2.24, 2.45) is 11.7 Å². The van der Waals surface area contributed by atoms with Gasteiger partial charge in [-0.1, -0.05) is 32.9 Å². The van der Waals surface area contributed by atoms with Gasteiger partial charge in [-0.3, -0.25) is 9.59 Å². The van der Waals surface area contributed by atoms with Gasteiger partial charge >= 0.3 is 0 Å². The Labute approximate surface area is 126 Å². The molecule has 0 aromatic heterocycles. The van der Waals surface area contributed by atoms with E-state index in [1.807, 2.05) is 20.8 Å². The first-order chi connectivity index (χ1) is 9.95. The number of benzene rings is 1. The van der Waals surface area contributed by atoms with Crippen molar-refractivity contribution in [3.63, 3.8) is 0 Å². The summed E-state index contributed by atoms with van der Waals surface area (Å²) in [5.41, 5.74) is 6.88. The van der Waals surface area contributed by atoms with Gasteiger partial charge in [0.2, 0.25) is 5.91 Å². The smallest absolute Gasteiger partial charge is 0.253 e. The minimum atomic E-state index is -0.189. The molecule has 0 heterocycles. The maximum atomic E-state index is 12.0. The van der Waals surface area contributed by atoms with Crippen molar-refractivity contribution in [1.29, 1.82) is 0 Å². The van der Waals surface area contributed by atoms with Gasteiger partial charge < -0.3 is 16.4 Å². The lowest BCUT2D eigenvalue weighted by molar-refractivity contribution is -0.116. The molecule has 0 saturated carbocycles. The van der Waals surface area contributed by atoms with Crippen molar-refractivity contribution in [1.82, 2.24) is 5.32 Å². The molecule has 1 aromatic carbocycles. The van der Waals surface area contributed by atoms with Crippen molar-refractivity contribution in [3.05, 3.63) is 29.8 Å². The zero-order valence-electron chi connectivity index (χ0n) is 13.0. The fraction of sp³-hybridized carbons (Fsp3) is 0.500. The Morgan fingerprint density at radius 2 is 1.90 bits per heavy atom. The minimum absolute atomic E-state index is 0.174. The molecule has 0 spiro atoms. The maximum absolute atomic E-state index is 12.0. The van der Waals surface area contributed by atoms with Gasteiger partial charge in [0.1, 0.15) is 0 Å². The molecule has 0 aliphatic carbocycles. The van der Waals surface area contributed by atoms with Gasteiger partial charge in [0.05, 0.1) is 11.3 Å². The van der Waals surface area contributed by atoms with Crippen LogP contribution in [0.3, 0.4) is 0 Å². The number of amides is 2. The van der Waals surface area contributed by atoms with Gasteiger partial charge in [-0.05, 0) is 24.5 Å². The summed E-state index contributed by atoms with van der Waals surface area (Å²) in [6, 6.07) is 6.79. The second-order valence-corrected chi connectivity index (χ2v) is 5.46. The number of carbonyl (C=O) groups is 2. The molecule has 21 heavy (non-hydrogen) atoms. The summed E-state index contributed by atoms with van der Waals surface area (Å²) in [5.74, 6) is -0.119. The summed E-state index contributed by atoms with van der Waals surface area (Å²) in [5, 5.41) is 5.58. The lowest BCUT2D eigenvalue weighted by Gasteiger charge is -2.16. The van der Waals surface area contributed by atoms with Crippen molar-refractivity contribution >= 4 is 17.5 Å². The van der Waals surface area contributed by atoms with Gasteiger partial charge in [0.25, 0.3) is 5.91 Å². The summed E-state index contributed by atoms with van der Waals surface area (Å²) in [6.45, 7) is 6.55. The second kappa shape index (κ2) is 8.42. The molecule has 0 aliphatic heterocycles. The van der Waals surface area contributed by atoms with Gasteiger partial charge in [-0.15, -0.1) is 0 Å². The minimum Gasteiger partial charge on any atom is -0.352 e. The van der Waals surface area contributed by atoms with Crippen molar-refractivity contribution in [3.8, 4) is 0 Å². The van der Waals surface area contributed by atoms with Gasteiger partial charge in [-0.25, -0.2) is 0 Å². The summed E-state index contributed by atoms with van der Waals surface area (Å²) < 4.78 is 0. The molecule has 5 heteroatoms. The van der Waals surface area contributed by atoms with Crippen LogP contribution in [-0.2, 0) is 4.79 Å². The Hall–Kier alpha value is -1.88. The summed E-state index contributed by atoms with van der Waals surface area (Å²) in [4.78, 5) is 24.0. The molecule has 2 amide bonds. The van der Waals surface area contributed by atoms with E-state index in [9.17, 15) is 9.59 Å². The van der Waals surface area contributed by atoms with Crippen LogP contribution >= 0.6 is 0 Å². The van der Waals surface area contributed by atoms with Gasteiger partial charge in [0, 0.05) is 19.0 Å². The molecule has 0 aliphatic rings. The van der Waals surface area contributed by atoms with E-state index in [-0.39, 0.29) is 30.2 Å². The molecular weight excluding hydrogens is 266 g/mol. The Kier molecular flexibility index (Phi) is 6.88. The fourth-order valence-electron chi connectivity index (χ4n) is 1.77. The number of nitrogens with two attached hydrogens (primary N) is 1. The molecule has 116 valence electrons. The number of hydrogen-bond acceptors (Lipinski definition) is 3. The van der Waals surface area contributed by atoms with Gasteiger partial charge in [0.15, 0.2) is 0 Å². The van der Waals surface area contributed by atoms with Crippen LogP contribution in [-0.4, -0.2) is 24.4 Å². The molecule has 0 bridgehead atoms. The topological polar surface area (TPSA) is 84.2 Å². The van der Waals surface area contributed by atoms with Crippen molar-refractivity contribution in [2.45, 2.75) is 39.7 Å². The highest BCUT2D eigenvalue weighted by Crippen LogP contribution is 2.16. The van der Waals surface area contributed by atoms with Crippen LogP contribution in [0.2, 0.25) is 0 Å². The van der Waals surface area contributed by atoms with E-state index in [0.717, 1.165) is 6.42 Å². The summed E-state index contributed by atoms with van der Waals surface area (Å²) in [6.07, 6.45) is 1.10. The van der Waals surface area contributed by atoms with E-state index in [4.69, 9.17) is 5.73 Å². The van der Waals surface area contributed by atoms with E-state index in [1.165, 1.54) is 0 Å². The Bertz CT molecular complexity index is 486. The molecule has 1 atom stereocenters. The van der Waals surface area contributed by atoms with Crippen LogP contribution in [0.4, 0.5) is 5.69 Å². The number of para-hydroxylation sites is 1. The third-order valence-corrected chi connectivity index (χ3v) is 3.26. The predicted octanol–water partition coefficient (Wildman–Crippen LogP) is 2.14. The zero-order valence-corrected chi connectivity index (χ0v) is 13.0. The highest BCUT2D eigenvalue weighted by molar-refractivity contribution is 6.03. The largest absolute Gasteiger partial charge is 0.352 e. The summed E-state index contributed by atoms with van der Waals surface area (Å²) in [7, 11) is 0. The Morgan fingerprint density at radius 3 is 2.52 bits per heavy atom. The van der Waals surface area contributed by atoms with E-state index < -0.39 is 0 Å². The number of anilines is 1. The highest BCUT2D eigenvalue weighted by atomic mass is 16.2. The third kappa shape index (κ3) is 5.55. The molecule has 1 aromatic rings. The average molecular weight is 291 g/mol. The second-order valence-electron chi connectivity index (χ2n) is 5.46. The molecule has 0 radical (unpaired) electrons. The lowest BCUT2D eigenvalue weighted by Crippen LogP contribution is -2.32. The van der Waals surface area contributed by atoms with Crippen LogP contribution in [0.25, 0.3) is 0 Å². The van der Waals surface area contributed by atoms with E-state index in [2.05, 4.69) is 10.6 Å². The molecule has 5 nitrogen and oxygen atoms in total. The molecular formula is C16H25N3O2. The third-order valence-electron chi connectivity index (χ3n) is 3.26. The molecule has 0 fully saturated rings. The Balaban J connectivity index is 2.75. The first-order valence-corrected chi connectivity index (χ1v) is 7.38. The first-order valence-electron chi connectivity index (χ1n) is 7.38. The van der Waals surface area contributed by atoms with Gasteiger partial charge in [-0.2, -0.15) is 0 Å². The van der Waals surface area contributed by atoms with Crippen LogP contribution in [0.5, 0.6) is 0 Å². The van der Waals surface area contributed by atoms with E-state index in [1.54, 1.807) is 24.3 Å². The van der Waals surface area contributed by atoms with Crippen LogP contribution in [0, 0.1) is 5.92 Å². The fourth-order valence-corrected chi connectivity index (χ4v) is 1.77. The molecule has 0 saturated heterocycles. The standard InChI is InChI=1S/C16H25N3O2/c1-4-9-18-16(21)12-7-5-6-8-14(12)19-15(20)10-13(17)11(2)3/h5-8,11,13H,4,9-10,17H2,1-3H3,(H,18,21)(H,19,20). The highest BCUT2D eigenvalue weighted by Gasteiger charge is 2.16. The number of carbonyl (C=O) groups excluding carboxylic acids is 2. The SMILES string of the molecule is CCCNC(=O)c1ccccc1NC(=O)CC(N)C(C)C. The molecule has 1 unspecified atom stereocenters. The molecule has 4 N–H and O–H groups in total. The van der Waals surface area contributed by atoms with Crippen molar-refractivity contribution < 1.29 is 9.59 Å². The van der Waals surface area contributed by atoms with E-state index in [0.29, 0.717) is 17.8 Å². The van der Waals surface area contributed by atoms with E-state index >= 15 is 0 Å². The number of rotatable bonds is 7. The zero-order chi connectivity index (χ0) is 15.8. The van der Waals surface area contributed by atoms with Crippen LogP contribution < -0.4 is 16.4 Å². The Morgan fingerprint density at radius 1 is 1.24 bits per heavy atom. The predicted molar refractivity (Wildman–Crippen MR) is 85.1 cm³/mol. The summed E-state index contributed by atoms with van der Waals surface area (Å²) >= 11 is 0. The first kappa shape index (κ1) is 17.2. The number of hydrogen-bond donors (Lipinski definition) is 3. The number of nitrogens with one attached hydrogen (secondary N) is 2. The van der Waals surface area contributed by atoms with Crippen LogP contribution in [0.15, 0.2) is 24.3 Å². The lowest BCUT2D eigenvalue weighted by atomic mass is 10.0. The maximum Gasteiger partial charge on any atom is 0.253 e. The van der Waals surface area contributed by atoms with Crippen LogP contribution in [0.1, 0.15) is 44.0 Å².